The number of hydrogen-bond donors (Lipinski definition) is 8. The van der Waals surface area contributed by atoms with Crippen LogP contribution in [-0.2, 0) is 47.8 Å². The van der Waals surface area contributed by atoms with E-state index in [1.807, 2.05) is 13.8 Å². The summed E-state index contributed by atoms with van der Waals surface area (Å²) in [6.45, 7) is 10.1. The summed E-state index contributed by atoms with van der Waals surface area (Å²) in [6.07, 6.45) is -0.563. The van der Waals surface area contributed by atoms with Gasteiger partial charge in [-0.3, -0.25) is 49.2 Å². The molecule has 4 fully saturated rings. The lowest BCUT2D eigenvalue weighted by atomic mass is 9.79. The first-order valence-electron chi connectivity index (χ1n) is 20.6. The van der Waals surface area contributed by atoms with Gasteiger partial charge in [0, 0.05) is 26.6 Å². The molecule has 10 atom stereocenters. The first-order chi connectivity index (χ1) is 28.1. The summed E-state index contributed by atoms with van der Waals surface area (Å²) in [5.74, 6) is -10.7. The van der Waals surface area contributed by atoms with Crippen molar-refractivity contribution in [1.82, 2.24) is 41.6 Å². The fraction of sp³-hybridized carbons (Fsp3) is 0.816. The third kappa shape index (κ3) is 10.5. The minimum absolute atomic E-state index is 0.0137. The third-order valence-electron chi connectivity index (χ3n) is 11.7. The minimum atomic E-state index is -2.72. The highest BCUT2D eigenvalue weighted by atomic mass is 16.6. The van der Waals surface area contributed by atoms with E-state index >= 15 is 0 Å². The molecule has 4 rings (SSSR count). The highest BCUT2D eigenvalue weighted by molar-refractivity contribution is 5.97. The SMILES string of the molecule is COC[C@@H]1C(=O)NCC(=O)N2NCCC[C@H]2C(=O)N(O)[C@@H](C)C(=O)O[C@@H](C(C)C)[C@H](NC(=O)[C@@](C)(O)[C@@]2(O)CC[C@H](CC(C)C)[C@@H](C)O2)C(=O)N2NCCC[C@@H]2C(=O)N1O. The van der Waals surface area contributed by atoms with Crippen LogP contribution >= 0.6 is 0 Å². The van der Waals surface area contributed by atoms with Gasteiger partial charge in [0.2, 0.25) is 11.7 Å². The van der Waals surface area contributed by atoms with Gasteiger partial charge < -0.3 is 35.1 Å². The van der Waals surface area contributed by atoms with Crippen molar-refractivity contribution < 1.29 is 68.4 Å². The number of fused-ring (bicyclic) bond motifs is 2. The van der Waals surface area contributed by atoms with Gasteiger partial charge in [0.25, 0.3) is 29.5 Å². The van der Waals surface area contributed by atoms with Crippen LogP contribution < -0.4 is 21.5 Å². The molecule has 0 saturated carbocycles. The molecule has 4 aliphatic heterocycles. The lowest BCUT2D eigenvalue weighted by Gasteiger charge is -2.47. The highest BCUT2D eigenvalue weighted by Crippen LogP contribution is 2.40. The van der Waals surface area contributed by atoms with Crippen LogP contribution in [0.5, 0.6) is 0 Å². The zero-order chi connectivity index (χ0) is 44.9. The van der Waals surface area contributed by atoms with Crippen molar-refractivity contribution in [3.63, 3.8) is 0 Å². The molecular weight excluding hydrogens is 792 g/mol. The molecular formula is C38H64N8O14. The fourth-order valence-electron chi connectivity index (χ4n) is 8.03. The lowest BCUT2D eigenvalue weighted by Crippen LogP contribution is -2.70. The number of nitrogens with zero attached hydrogens (tertiary/aromatic N) is 4. The summed E-state index contributed by atoms with van der Waals surface area (Å²) >= 11 is 0. The van der Waals surface area contributed by atoms with Gasteiger partial charge in [-0.1, -0.05) is 27.7 Å². The van der Waals surface area contributed by atoms with Gasteiger partial charge in [0.1, 0.15) is 24.2 Å². The monoisotopic (exact) mass is 856 g/mol. The van der Waals surface area contributed by atoms with Gasteiger partial charge in [0.15, 0.2) is 17.7 Å². The number of ether oxygens (including phenoxy) is 3. The Bertz CT molecular complexity index is 1600. The first-order valence-corrected chi connectivity index (χ1v) is 20.6. The van der Waals surface area contributed by atoms with Gasteiger partial charge >= 0.3 is 5.97 Å². The number of hydrazine groups is 2. The Kier molecular flexibility index (Phi) is 16.4. The molecule has 0 bridgehead atoms. The Hall–Kier alpha value is -4.03. The van der Waals surface area contributed by atoms with Crippen molar-refractivity contribution in [2.75, 3.05) is 33.4 Å². The average molecular weight is 857 g/mol. The van der Waals surface area contributed by atoms with E-state index in [-0.39, 0.29) is 48.4 Å². The summed E-state index contributed by atoms with van der Waals surface area (Å²) in [5.41, 5.74) is 2.83. The number of esters is 1. The number of carbonyl (C=O) groups is 7. The summed E-state index contributed by atoms with van der Waals surface area (Å²) < 4.78 is 16.9. The van der Waals surface area contributed by atoms with Gasteiger partial charge in [-0.25, -0.2) is 25.8 Å². The quantitative estimate of drug-likeness (QED) is 0.0998. The minimum Gasteiger partial charge on any atom is -0.458 e. The number of nitrogens with one attached hydrogen (secondary N) is 4. The second-order valence-electron chi connectivity index (χ2n) is 17.0. The van der Waals surface area contributed by atoms with Crippen LogP contribution in [0, 0.1) is 17.8 Å². The normalized spacial score (nSPS) is 33.3. The van der Waals surface area contributed by atoms with Crippen molar-refractivity contribution in [2.45, 2.75) is 147 Å². The van der Waals surface area contributed by atoms with Crippen LogP contribution in [0.4, 0.5) is 0 Å². The van der Waals surface area contributed by atoms with Gasteiger partial charge in [-0.2, -0.15) is 0 Å². The van der Waals surface area contributed by atoms with E-state index in [0.29, 0.717) is 25.2 Å². The van der Waals surface area contributed by atoms with Crippen molar-refractivity contribution in [2.24, 2.45) is 17.8 Å². The maximum atomic E-state index is 14.8. The summed E-state index contributed by atoms with van der Waals surface area (Å²) in [6, 6.07) is -8.32. The van der Waals surface area contributed by atoms with Crippen molar-refractivity contribution >= 4 is 41.4 Å². The zero-order valence-electron chi connectivity index (χ0n) is 35.7. The molecule has 0 unspecified atom stereocenters. The lowest BCUT2D eigenvalue weighted by molar-refractivity contribution is -0.326. The molecule has 6 amide bonds. The van der Waals surface area contributed by atoms with Gasteiger partial charge in [0.05, 0.1) is 19.3 Å². The predicted octanol–water partition coefficient (Wildman–Crippen LogP) is -1.70. The Labute approximate surface area is 349 Å². The van der Waals surface area contributed by atoms with Gasteiger partial charge in [-0.15, -0.1) is 0 Å². The molecule has 60 heavy (non-hydrogen) atoms. The Morgan fingerprint density at radius 3 is 2.08 bits per heavy atom. The highest BCUT2D eigenvalue weighted by Gasteiger charge is 2.57. The molecule has 340 valence electrons. The number of aliphatic hydroxyl groups is 2. The number of cyclic esters (lactones) is 1. The fourth-order valence-corrected chi connectivity index (χ4v) is 8.03. The van der Waals surface area contributed by atoms with E-state index in [1.54, 1.807) is 6.92 Å². The molecule has 4 heterocycles. The van der Waals surface area contributed by atoms with Crippen LogP contribution in [0.2, 0.25) is 0 Å². The molecule has 0 aromatic rings. The average Bonchev–Trinajstić information content (AvgIpc) is 3.21. The number of hydrogen-bond acceptors (Lipinski definition) is 16. The molecule has 8 N–H and O–H groups in total. The van der Waals surface area contributed by atoms with E-state index < -0.39 is 114 Å². The largest absolute Gasteiger partial charge is 0.458 e. The number of rotatable bonds is 8. The zero-order valence-corrected chi connectivity index (χ0v) is 35.7. The number of carbonyl (C=O) groups excluding carboxylic acids is 7. The van der Waals surface area contributed by atoms with E-state index in [9.17, 15) is 54.2 Å². The smallest absolute Gasteiger partial charge is 0.331 e. The summed E-state index contributed by atoms with van der Waals surface area (Å²) in [5, 5.41) is 52.5. The third-order valence-corrected chi connectivity index (χ3v) is 11.7. The Balaban J connectivity index is 1.79. The van der Waals surface area contributed by atoms with Gasteiger partial charge in [-0.05, 0) is 77.0 Å². The number of hydroxylamine groups is 4. The van der Waals surface area contributed by atoms with Crippen LogP contribution in [0.15, 0.2) is 0 Å². The van der Waals surface area contributed by atoms with Crippen LogP contribution in [0.3, 0.4) is 0 Å². The number of methoxy groups -OCH3 is 1. The topological polar surface area (TPSA) is 289 Å². The maximum absolute atomic E-state index is 14.8. The van der Waals surface area contributed by atoms with E-state index in [0.717, 1.165) is 30.3 Å². The molecule has 0 aromatic heterocycles. The summed E-state index contributed by atoms with van der Waals surface area (Å²) in [4.78, 5) is 97.5. The Morgan fingerprint density at radius 1 is 0.933 bits per heavy atom. The molecule has 4 saturated heterocycles. The maximum Gasteiger partial charge on any atom is 0.331 e. The number of amides is 6. The molecule has 0 aliphatic carbocycles. The molecule has 0 radical (unpaired) electrons. The van der Waals surface area contributed by atoms with Crippen molar-refractivity contribution in [1.29, 1.82) is 0 Å². The Morgan fingerprint density at radius 2 is 1.52 bits per heavy atom. The molecule has 22 heteroatoms. The molecule has 0 spiro atoms. The van der Waals surface area contributed by atoms with E-state index in [2.05, 4.69) is 21.5 Å². The molecule has 0 aromatic carbocycles. The molecule has 4 aliphatic rings. The van der Waals surface area contributed by atoms with E-state index in [4.69, 9.17) is 14.2 Å². The van der Waals surface area contributed by atoms with E-state index in [1.165, 1.54) is 21.0 Å². The predicted molar refractivity (Wildman–Crippen MR) is 206 cm³/mol. The van der Waals surface area contributed by atoms with Crippen molar-refractivity contribution in [3.05, 3.63) is 0 Å². The standard InChI is InChI=1S/C38H64N8O14/c1-20(2)17-24-13-14-38(55,60-23(24)6)37(7,54)36(53)42-29-30(21(3)4)59-35(52)22(5)45(56)32(49)25-11-9-15-40-43(25)28(47)18-39-31(48)27(19-58-8)46(57)33(50)26-12-10-16-41-44(26)34(29)51/h20-27,29-30,40-41,54-57H,9-19H2,1-8H3,(H,39,48)(H,42,53)/t22-,23+,24+,25-,26+,27+,29-,30-,37+,38+/m0/s1. The second kappa shape index (κ2) is 20.2. The molecule has 22 nitrogen and oxygen atoms in total. The van der Waals surface area contributed by atoms with Crippen LogP contribution in [-0.4, -0.2) is 169 Å². The first kappa shape index (κ1) is 48.6. The summed E-state index contributed by atoms with van der Waals surface area (Å²) in [7, 11) is 1.20. The second-order valence-corrected chi connectivity index (χ2v) is 17.0. The van der Waals surface area contributed by atoms with Crippen LogP contribution in [0.25, 0.3) is 0 Å². The van der Waals surface area contributed by atoms with Crippen molar-refractivity contribution in [3.8, 4) is 0 Å². The van der Waals surface area contributed by atoms with Crippen LogP contribution in [0.1, 0.15) is 93.4 Å².